The highest BCUT2D eigenvalue weighted by Crippen LogP contribution is 2.45. The number of nitroso groups, excluding NO2 is 1. The number of likely N-dealkylation sites (N-methyl/N-ethyl adjacent to an activating group) is 1. The maximum Gasteiger partial charge on any atom is 0.331 e. The van der Waals surface area contributed by atoms with Crippen LogP contribution >= 0.6 is 0 Å². The lowest BCUT2D eigenvalue weighted by Gasteiger charge is -2.22. The SMILES string of the molecule is CNC[C@H](CCN1c2ccccc2N(c2ccccc2F)S1(=O)=O)N=O. The van der Waals surface area contributed by atoms with Crippen molar-refractivity contribution < 1.29 is 12.8 Å². The molecule has 3 rings (SSSR count). The predicted octanol–water partition coefficient (Wildman–Crippen LogP) is 2.77. The third-order valence-electron chi connectivity index (χ3n) is 4.20. The van der Waals surface area contributed by atoms with Crippen LogP contribution in [0.4, 0.5) is 21.5 Å². The maximum atomic E-state index is 14.3. The molecule has 0 spiro atoms. The highest BCUT2D eigenvalue weighted by Gasteiger charge is 2.42. The first kappa shape index (κ1) is 18.3. The van der Waals surface area contributed by atoms with Crippen molar-refractivity contribution in [2.75, 3.05) is 28.7 Å². The molecule has 26 heavy (non-hydrogen) atoms. The van der Waals surface area contributed by atoms with Gasteiger partial charge in [0.15, 0.2) is 0 Å². The quantitative estimate of drug-likeness (QED) is 0.751. The molecule has 0 amide bonds. The van der Waals surface area contributed by atoms with Crippen LogP contribution in [0.2, 0.25) is 0 Å². The summed E-state index contributed by atoms with van der Waals surface area (Å²) in [5.74, 6) is -0.629. The number of benzene rings is 2. The first-order chi connectivity index (χ1) is 12.5. The zero-order valence-corrected chi connectivity index (χ0v) is 15.0. The van der Waals surface area contributed by atoms with Gasteiger partial charge in [0, 0.05) is 13.1 Å². The van der Waals surface area contributed by atoms with Crippen LogP contribution in [0.5, 0.6) is 0 Å². The predicted molar refractivity (Wildman–Crippen MR) is 99.4 cm³/mol. The fourth-order valence-electron chi connectivity index (χ4n) is 2.99. The van der Waals surface area contributed by atoms with E-state index in [0.717, 1.165) is 4.31 Å². The molecule has 1 atom stereocenters. The van der Waals surface area contributed by atoms with Crippen LogP contribution in [-0.4, -0.2) is 34.6 Å². The Morgan fingerprint density at radius 3 is 2.31 bits per heavy atom. The summed E-state index contributed by atoms with van der Waals surface area (Å²) < 4.78 is 42.7. The number of hydrogen-bond acceptors (Lipinski definition) is 5. The smallest absolute Gasteiger partial charge is 0.317 e. The molecule has 1 N–H and O–H groups in total. The fourth-order valence-corrected chi connectivity index (χ4v) is 4.73. The standard InChI is InChI=1S/C17H19FN4O3S/c1-19-12-13(20-23)10-11-21-16-8-4-5-9-17(16)22(26(21,24)25)15-7-3-2-6-14(15)18/h2-9,13,19H,10-12H2,1H3/t13-/m0/s1. The summed E-state index contributed by atoms with van der Waals surface area (Å²) in [5, 5.41) is 5.88. The Morgan fingerprint density at radius 1 is 1.08 bits per heavy atom. The summed E-state index contributed by atoms with van der Waals surface area (Å²) in [6.07, 6.45) is 0.253. The minimum Gasteiger partial charge on any atom is -0.317 e. The van der Waals surface area contributed by atoms with Crippen LogP contribution in [0.15, 0.2) is 53.7 Å². The van der Waals surface area contributed by atoms with E-state index >= 15 is 0 Å². The zero-order chi connectivity index (χ0) is 18.7. The first-order valence-corrected chi connectivity index (χ1v) is 9.54. The maximum absolute atomic E-state index is 14.3. The lowest BCUT2D eigenvalue weighted by Crippen LogP contribution is -2.38. The van der Waals surface area contributed by atoms with E-state index in [1.165, 1.54) is 22.5 Å². The number of hydrogen-bond donors (Lipinski definition) is 1. The van der Waals surface area contributed by atoms with Gasteiger partial charge >= 0.3 is 10.2 Å². The van der Waals surface area contributed by atoms with Crippen LogP contribution in [-0.2, 0) is 10.2 Å². The average Bonchev–Trinajstić information content (AvgIpc) is 2.85. The number of halogens is 1. The van der Waals surface area contributed by atoms with E-state index in [-0.39, 0.29) is 18.7 Å². The van der Waals surface area contributed by atoms with Crippen molar-refractivity contribution in [3.05, 3.63) is 59.3 Å². The molecule has 0 fully saturated rings. The largest absolute Gasteiger partial charge is 0.331 e. The van der Waals surface area contributed by atoms with Gasteiger partial charge in [0.1, 0.15) is 11.9 Å². The minimum atomic E-state index is -4.02. The van der Waals surface area contributed by atoms with E-state index in [0.29, 0.717) is 17.9 Å². The molecule has 2 aromatic rings. The molecule has 1 aliphatic heterocycles. The van der Waals surface area contributed by atoms with Crippen molar-refractivity contribution >= 4 is 27.3 Å². The van der Waals surface area contributed by atoms with Gasteiger partial charge < -0.3 is 5.32 Å². The summed E-state index contributed by atoms with van der Waals surface area (Å²) in [4.78, 5) is 10.9. The summed E-state index contributed by atoms with van der Waals surface area (Å²) in [6, 6.07) is 11.9. The second-order valence-electron chi connectivity index (χ2n) is 5.89. The van der Waals surface area contributed by atoms with E-state index in [1.807, 2.05) is 0 Å². The molecule has 1 heterocycles. The highest BCUT2D eigenvalue weighted by molar-refractivity contribution is 7.95. The van der Waals surface area contributed by atoms with Crippen LogP contribution in [0.25, 0.3) is 0 Å². The lowest BCUT2D eigenvalue weighted by atomic mass is 10.2. The van der Waals surface area contributed by atoms with Gasteiger partial charge in [-0.05, 0) is 37.7 Å². The van der Waals surface area contributed by atoms with E-state index in [1.54, 1.807) is 37.4 Å². The van der Waals surface area contributed by atoms with Gasteiger partial charge in [-0.15, -0.1) is 0 Å². The Morgan fingerprint density at radius 2 is 1.69 bits per heavy atom. The molecule has 138 valence electrons. The number of rotatable bonds is 7. The van der Waals surface area contributed by atoms with E-state index in [9.17, 15) is 17.7 Å². The van der Waals surface area contributed by atoms with Crippen LogP contribution in [0, 0.1) is 10.7 Å². The second-order valence-corrected chi connectivity index (χ2v) is 7.59. The van der Waals surface area contributed by atoms with Crippen LogP contribution in [0.1, 0.15) is 6.42 Å². The molecule has 0 saturated heterocycles. The Balaban J connectivity index is 2.00. The van der Waals surface area contributed by atoms with Crippen molar-refractivity contribution in [3.8, 4) is 0 Å². The van der Waals surface area contributed by atoms with Gasteiger partial charge in [-0.1, -0.05) is 29.4 Å². The molecule has 0 unspecified atom stereocenters. The van der Waals surface area contributed by atoms with Crippen molar-refractivity contribution in [1.82, 2.24) is 5.32 Å². The molecule has 0 saturated carbocycles. The lowest BCUT2D eigenvalue weighted by molar-refractivity contribution is 0.566. The number of nitrogens with zero attached hydrogens (tertiary/aromatic N) is 3. The first-order valence-electron chi connectivity index (χ1n) is 8.14. The third kappa shape index (κ3) is 3.15. The van der Waals surface area contributed by atoms with Gasteiger partial charge in [0.2, 0.25) is 0 Å². The van der Waals surface area contributed by atoms with Crippen molar-refractivity contribution in [3.63, 3.8) is 0 Å². The molecule has 0 aromatic heterocycles. The second kappa shape index (κ2) is 7.38. The highest BCUT2D eigenvalue weighted by atomic mass is 32.2. The topological polar surface area (TPSA) is 82.1 Å². The molecule has 9 heteroatoms. The zero-order valence-electron chi connectivity index (χ0n) is 14.2. The number of anilines is 3. The summed E-state index contributed by atoms with van der Waals surface area (Å²) >= 11 is 0. The fraction of sp³-hybridized carbons (Fsp3) is 0.294. The van der Waals surface area contributed by atoms with Crippen LogP contribution < -0.4 is 13.9 Å². The van der Waals surface area contributed by atoms with E-state index in [4.69, 9.17) is 0 Å². The van der Waals surface area contributed by atoms with Gasteiger partial charge in [-0.3, -0.25) is 4.31 Å². The number of para-hydroxylation sites is 3. The Hall–Kier alpha value is -2.52. The third-order valence-corrected chi connectivity index (χ3v) is 6.00. The minimum absolute atomic E-state index is 0.0391. The summed E-state index contributed by atoms with van der Waals surface area (Å²) in [7, 11) is -2.32. The molecular weight excluding hydrogens is 359 g/mol. The molecular formula is C17H19FN4O3S. The molecule has 0 aliphatic carbocycles. The molecule has 2 aromatic carbocycles. The van der Waals surface area contributed by atoms with Crippen molar-refractivity contribution in [2.24, 2.45) is 5.18 Å². The van der Waals surface area contributed by atoms with Gasteiger partial charge in [-0.25, -0.2) is 8.70 Å². The Bertz CT molecular complexity index is 906. The number of fused-ring (bicyclic) bond motifs is 1. The van der Waals surface area contributed by atoms with Crippen LogP contribution in [0.3, 0.4) is 0 Å². The molecule has 7 nitrogen and oxygen atoms in total. The van der Waals surface area contributed by atoms with Gasteiger partial charge in [0.25, 0.3) is 0 Å². The Kier molecular flexibility index (Phi) is 5.19. The summed E-state index contributed by atoms with van der Waals surface area (Å²) in [5.41, 5.74) is 0.787. The van der Waals surface area contributed by atoms with Crippen molar-refractivity contribution in [1.29, 1.82) is 0 Å². The Labute approximate surface area is 151 Å². The monoisotopic (exact) mass is 378 g/mol. The molecule has 0 bridgehead atoms. The molecule has 1 aliphatic rings. The normalized spacial score (nSPS) is 16.4. The van der Waals surface area contributed by atoms with Gasteiger partial charge in [-0.2, -0.15) is 13.3 Å². The summed E-state index contributed by atoms with van der Waals surface area (Å²) in [6.45, 7) is 0.429. The van der Waals surface area contributed by atoms with Crippen molar-refractivity contribution in [2.45, 2.75) is 12.5 Å². The molecule has 0 radical (unpaired) electrons. The average molecular weight is 378 g/mol. The van der Waals surface area contributed by atoms with Gasteiger partial charge in [0.05, 0.1) is 17.1 Å². The van der Waals surface area contributed by atoms with E-state index in [2.05, 4.69) is 10.5 Å². The number of nitrogens with one attached hydrogen (secondary N) is 1. The van der Waals surface area contributed by atoms with E-state index < -0.39 is 22.1 Å².